The third-order valence-corrected chi connectivity index (χ3v) is 11.0. The maximum atomic E-state index is 2.57. The molecule has 0 aromatic heterocycles. The number of hydrogen-bond donors (Lipinski definition) is 0. The van der Waals surface area contributed by atoms with Crippen LogP contribution >= 0.6 is 0 Å². The largest absolute Gasteiger partial charge is 0.0714 e. The van der Waals surface area contributed by atoms with Crippen molar-refractivity contribution in [3.8, 4) is 22.3 Å². The van der Waals surface area contributed by atoms with Crippen LogP contribution in [0, 0.1) is 0 Å². The molecule has 2 aliphatic rings. The summed E-state index contributed by atoms with van der Waals surface area (Å²) in [6.45, 7) is 0. The predicted octanol–water partition coefficient (Wildman–Crippen LogP) is 11.6. The van der Waals surface area contributed by atoms with Gasteiger partial charge in [0.25, 0.3) is 0 Å². The number of fused-ring (bicyclic) bond motifs is 8. The Morgan fingerprint density at radius 1 is 0.271 bits per heavy atom. The van der Waals surface area contributed by atoms with E-state index in [1.165, 1.54) is 77.5 Å². The standard InChI is InChI=1S/C48H32/c1-5-18-34(19-6-1)47(35-20-7-2-8-21-35)42-28-16-15-27-39(42)40-31-45-41(32-44(40)47)46-38-26-14-13-17-33(38)29-30-43(46)48(45,36-22-9-3-10-23-36)37-24-11-4-12-25-37/h1-32H. The van der Waals surface area contributed by atoms with Crippen LogP contribution in [0.2, 0.25) is 0 Å². The molecule has 0 amide bonds. The normalized spacial score (nSPS) is 14.6. The summed E-state index contributed by atoms with van der Waals surface area (Å²) in [5, 5.41) is 2.56. The molecule has 224 valence electrons. The van der Waals surface area contributed by atoms with Gasteiger partial charge < -0.3 is 0 Å². The summed E-state index contributed by atoms with van der Waals surface area (Å²) < 4.78 is 0. The van der Waals surface area contributed by atoms with Crippen LogP contribution in [0.4, 0.5) is 0 Å². The second-order valence-corrected chi connectivity index (χ2v) is 13.2. The van der Waals surface area contributed by atoms with Crippen LogP contribution in [-0.4, -0.2) is 0 Å². The van der Waals surface area contributed by atoms with E-state index < -0.39 is 10.8 Å². The van der Waals surface area contributed by atoms with E-state index in [0.29, 0.717) is 0 Å². The Labute approximate surface area is 281 Å². The molecule has 0 heterocycles. The molecule has 0 N–H and O–H groups in total. The topological polar surface area (TPSA) is 0 Å². The molecule has 0 atom stereocenters. The van der Waals surface area contributed by atoms with E-state index in [4.69, 9.17) is 0 Å². The molecule has 0 aliphatic heterocycles. The van der Waals surface area contributed by atoms with Crippen molar-refractivity contribution in [3.63, 3.8) is 0 Å². The minimum atomic E-state index is -0.480. The SMILES string of the molecule is c1ccc(C2(c3ccccc3)c3ccccc3-c3cc4c(cc32)-c2c(ccc3ccccc23)C4(c2ccccc2)c2ccccc2)cc1. The molecule has 0 spiro atoms. The summed E-state index contributed by atoms with van der Waals surface area (Å²) in [5.74, 6) is 0. The zero-order valence-corrected chi connectivity index (χ0v) is 26.5. The average Bonchev–Trinajstić information content (AvgIpc) is 3.63. The molecular weight excluding hydrogens is 577 g/mol. The zero-order valence-electron chi connectivity index (χ0n) is 26.5. The summed E-state index contributed by atoms with van der Waals surface area (Å²) in [5.41, 5.74) is 14.8. The second-order valence-electron chi connectivity index (χ2n) is 13.2. The van der Waals surface area contributed by atoms with Crippen molar-refractivity contribution in [1.29, 1.82) is 0 Å². The predicted molar refractivity (Wildman–Crippen MR) is 199 cm³/mol. The highest BCUT2D eigenvalue weighted by Gasteiger charge is 2.51. The molecule has 0 bridgehead atoms. The third-order valence-electron chi connectivity index (χ3n) is 11.0. The molecule has 0 nitrogen and oxygen atoms in total. The van der Waals surface area contributed by atoms with Crippen molar-refractivity contribution in [2.24, 2.45) is 0 Å². The van der Waals surface area contributed by atoms with Gasteiger partial charge >= 0.3 is 0 Å². The van der Waals surface area contributed by atoms with Gasteiger partial charge in [0.1, 0.15) is 0 Å². The van der Waals surface area contributed by atoms with E-state index in [9.17, 15) is 0 Å². The summed E-state index contributed by atoms with van der Waals surface area (Å²) >= 11 is 0. The second kappa shape index (κ2) is 10.3. The zero-order chi connectivity index (χ0) is 31.7. The molecular formula is C48H32. The van der Waals surface area contributed by atoms with Gasteiger partial charge in [0.2, 0.25) is 0 Å². The van der Waals surface area contributed by atoms with E-state index in [1.807, 2.05) is 0 Å². The molecule has 8 aromatic rings. The van der Waals surface area contributed by atoms with Gasteiger partial charge in [-0.1, -0.05) is 182 Å². The van der Waals surface area contributed by atoms with Gasteiger partial charge in [-0.25, -0.2) is 0 Å². The van der Waals surface area contributed by atoms with Crippen molar-refractivity contribution in [1.82, 2.24) is 0 Å². The fourth-order valence-electron chi connectivity index (χ4n) is 9.19. The Bertz CT molecular complexity index is 2400. The average molecular weight is 609 g/mol. The van der Waals surface area contributed by atoms with Gasteiger partial charge in [0, 0.05) is 0 Å². The van der Waals surface area contributed by atoms with Gasteiger partial charge in [0.05, 0.1) is 10.8 Å². The Balaban J connectivity index is 1.42. The van der Waals surface area contributed by atoms with Gasteiger partial charge in [0.15, 0.2) is 0 Å². The van der Waals surface area contributed by atoms with E-state index in [1.54, 1.807) is 0 Å². The Kier molecular flexibility index (Phi) is 5.81. The van der Waals surface area contributed by atoms with Crippen LogP contribution in [0.3, 0.4) is 0 Å². The van der Waals surface area contributed by atoms with Crippen LogP contribution < -0.4 is 0 Å². The Hall–Kier alpha value is -5.98. The minimum Gasteiger partial charge on any atom is -0.0622 e. The first kappa shape index (κ1) is 27.2. The Morgan fingerprint density at radius 2 is 0.708 bits per heavy atom. The number of benzene rings is 8. The monoisotopic (exact) mass is 608 g/mol. The van der Waals surface area contributed by atoms with E-state index in [2.05, 4.69) is 194 Å². The maximum Gasteiger partial charge on any atom is 0.0714 e. The van der Waals surface area contributed by atoms with Gasteiger partial charge in [-0.3, -0.25) is 0 Å². The van der Waals surface area contributed by atoms with Gasteiger partial charge in [-0.15, -0.1) is 0 Å². The molecule has 0 unspecified atom stereocenters. The molecule has 10 rings (SSSR count). The van der Waals surface area contributed by atoms with Crippen molar-refractivity contribution >= 4 is 10.8 Å². The molecule has 8 aromatic carbocycles. The molecule has 48 heavy (non-hydrogen) atoms. The first-order chi connectivity index (χ1) is 23.8. The molecule has 0 fully saturated rings. The molecule has 0 heteroatoms. The van der Waals surface area contributed by atoms with Crippen LogP contribution in [0.15, 0.2) is 194 Å². The Morgan fingerprint density at radius 3 is 1.29 bits per heavy atom. The van der Waals surface area contributed by atoms with Crippen LogP contribution in [0.1, 0.15) is 44.5 Å². The van der Waals surface area contributed by atoms with E-state index in [0.717, 1.165) is 0 Å². The molecule has 0 radical (unpaired) electrons. The lowest BCUT2D eigenvalue weighted by atomic mass is 9.66. The highest BCUT2D eigenvalue weighted by atomic mass is 14.5. The number of hydrogen-bond acceptors (Lipinski definition) is 0. The smallest absolute Gasteiger partial charge is 0.0622 e. The van der Waals surface area contributed by atoms with Crippen molar-refractivity contribution in [3.05, 3.63) is 239 Å². The third kappa shape index (κ3) is 3.44. The molecule has 2 aliphatic carbocycles. The number of rotatable bonds is 4. The quantitative estimate of drug-likeness (QED) is 0.186. The van der Waals surface area contributed by atoms with Crippen LogP contribution in [0.25, 0.3) is 33.0 Å². The highest BCUT2D eigenvalue weighted by Crippen LogP contribution is 2.63. The highest BCUT2D eigenvalue weighted by molar-refractivity contribution is 6.05. The van der Waals surface area contributed by atoms with Crippen molar-refractivity contribution < 1.29 is 0 Å². The van der Waals surface area contributed by atoms with Crippen LogP contribution in [-0.2, 0) is 10.8 Å². The van der Waals surface area contributed by atoms with E-state index in [-0.39, 0.29) is 0 Å². The molecule has 0 saturated heterocycles. The van der Waals surface area contributed by atoms with Gasteiger partial charge in [-0.05, 0) is 89.7 Å². The van der Waals surface area contributed by atoms with Gasteiger partial charge in [-0.2, -0.15) is 0 Å². The van der Waals surface area contributed by atoms with E-state index >= 15 is 0 Å². The minimum absolute atomic E-state index is 0.459. The molecule has 0 saturated carbocycles. The van der Waals surface area contributed by atoms with Crippen molar-refractivity contribution in [2.75, 3.05) is 0 Å². The lowest BCUT2D eigenvalue weighted by molar-refractivity contribution is 0.759. The summed E-state index contributed by atoms with van der Waals surface area (Å²) in [4.78, 5) is 0. The summed E-state index contributed by atoms with van der Waals surface area (Å²) in [6, 6.07) is 72.4. The maximum absolute atomic E-state index is 2.57. The van der Waals surface area contributed by atoms with Crippen molar-refractivity contribution in [2.45, 2.75) is 10.8 Å². The summed E-state index contributed by atoms with van der Waals surface area (Å²) in [6.07, 6.45) is 0. The fourth-order valence-corrected chi connectivity index (χ4v) is 9.19. The first-order valence-electron chi connectivity index (χ1n) is 16.9. The van der Waals surface area contributed by atoms with Crippen LogP contribution in [0.5, 0.6) is 0 Å². The summed E-state index contributed by atoms with van der Waals surface area (Å²) in [7, 11) is 0. The lowest BCUT2D eigenvalue weighted by Gasteiger charge is -2.35. The lowest BCUT2D eigenvalue weighted by Crippen LogP contribution is -2.29. The fraction of sp³-hybridized carbons (Fsp3) is 0.0417. The first-order valence-corrected chi connectivity index (χ1v) is 16.9.